The van der Waals surface area contributed by atoms with Crippen LogP contribution in [0.4, 0.5) is 5.82 Å². The molecule has 1 aromatic carbocycles. The third kappa shape index (κ3) is 6.14. The number of fused-ring (bicyclic) bond motifs is 1. The second kappa shape index (κ2) is 10.1. The lowest BCUT2D eigenvalue weighted by molar-refractivity contribution is -0.0186. The first-order valence-electron chi connectivity index (χ1n) is 10.7. The van der Waals surface area contributed by atoms with Crippen LogP contribution in [-0.2, 0) is 18.4 Å². The summed E-state index contributed by atoms with van der Waals surface area (Å²) in [6.45, 7) is -0.653. The van der Waals surface area contributed by atoms with Gasteiger partial charge in [0.05, 0.1) is 12.1 Å². The fraction of sp³-hybridized carbons (Fsp3) is 0.579. The monoisotopic (exact) mass is 537 g/mol. The molecule has 1 saturated heterocycles. The van der Waals surface area contributed by atoms with Crippen molar-refractivity contribution in [1.82, 2.24) is 9.97 Å². The fourth-order valence-corrected chi connectivity index (χ4v) is 7.04. The van der Waals surface area contributed by atoms with Gasteiger partial charge in [-0.3, -0.25) is 9.13 Å². The Balaban J connectivity index is 1.51. The lowest BCUT2D eigenvalue weighted by Gasteiger charge is -2.18. The van der Waals surface area contributed by atoms with Crippen LogP contribution >= 0.6 is 26.8 Å². The fourth-order valence-electron chi connectivity index (χ4n) is 4.29. The highest BCUT2D eigenvalue weighted by Crippen LogP contribution is 2.55. The molecule has 1 unspecified atom stereocenters. The molecule has 1 aliphatic carbocycles. The maximum absolute atomic E-state index is 11.9. The van der Waals surface area contributed by atoms with Gasteiger partial charge in [0.1, 0.15) is 30.2 Å². The Kier molecular flexibility index (Phi) is 7.67. The molecule has 0 radical (unpaired) electrons. The molecule has 34 heavy (non-hydrogen) atoms. The van der Waals surface area contributed by atoms with Crippen LogP contribution in [0.15, 0.2) is 18.2 Å². The largest absolute Gasteiger partial charge is 0.387 e. The van der Waals surface area contributed by atoms with Crippen LogP contribution in [0, 0.1) is 0 Å². The quantitative estimate of drug-likeness (QED) is 0.213. The first kappa shape index (κ1) is 25.9. The predicted molar refractivity (Wildman–Crippen MR) is 123 cm³/mol. The highest BCUT2D eigenvalue weighted by molar-refractivity contribution is 7.70. The minimum absolute atomic E-state index is 0.0492. The van der Waals surface area contributed by atoms with Crippen molar-refractivity contribution in [1.29, 1.82) is 0 Å². The molecule has 2 fully saturated rings. The molecule has 0 spiro atoms. The molecule has 1 aliphatic heterocycles. The maximum Gasteiger partial charge on any atom is 0.340 e. The van der Waals surface area contributed by atoms with E-state index in [2.05, 4.69) is 15.3 Å². The highest BCUT2D eigenvalue weighted by Gasteiger charge is 2.45. The number of aliphatic hydroxyl groups is 2. The van der Waals surface area contributed by atoms with Crippen LogP contribution in [0.1, 0.15) is 37.4 Å². The molecule has 1 saturated carbocycles. The van der Waals surface area contributed by atoms with E-state index in [0.29, 0.717) is 22.9 Å². The molecule has 1 aromatic heterocycles. The zero-order valence-electron chi connectivity index (χ0n) is 17.9. The summed E-state index contributed by atoms with van der Waals surface area (Å²) in [7, 11) is -9.43. The lowest BCUT2D eigenvalue weighted by atomic mass is 10.0. The van der Waals surface area contributed by atoms with E-state index >= 15 is 0 Å². The van der Waals surface area contributed by atoms with Gasteiger partial charge in [-0.05, 0) is 42.1 Å². The predicted octanol–water partition coefficient (Wildman–Crippen LogP) is 2.14. The van der Waals surface area contributed by atoms with Gasteiger partial charge in [-0.15, -0.1) is 0 Å². The topological polar surface area (TPSA) is 192 Å². The van der Waals surface area contributed by atoms with Gasteiger partial charge in [0.2, 0.25) is 5.28 Å². The number of benzene rings is 1. The van der Waals surface area contributed by atoms with Crippen molar-refractivity contribution in [2.24, 2.45) is 0 Å². The summed E-state index contributed by atoms with van der Waals surface area (Å²) < 4.78 is 33.3. The van der Waals surface area contributed by atoms with Crippen molar-refractivity contribution in [2.45, 2.75) is 56.1 Å². The zero-order chi connectivity index (χ0) is 24.7. The summed E-state index contributed by atoms with van der Waals surface area (Å²) in [4.78, 5) is 36.0. The summed E-state index contributed by atoms with van der Waals surface area (Å²) in [6, 6.07) is 5.40. The molecule has 12 nitrogen and oxygen atoms in total. The Morgan fingerprint density at radius 2 is 1.82 bits per heavy atom. The molecule has 6 N–H and O–H groups in total. The molecule has 188 valence electrons. The van der Waals surface area contributed by atoms with Crippen LogP contribution in [0.5, 0.6) is 0 Å². The number of aliphatic hydroxyl groups excluding tert-OH is 2. The zero-order valence-corrected chi connectivity index (χ0v) is 20.4. The normalized spacial score (nSPS) is 27.8. The second-order valence-corrected chi connectivity index (χ2v) is 12.9. The number of aromatic nitrogens is 2. The van der Waals surface area contributed by atoms with Crippen LogP contribution in [0.3, 0.4) is 0 Å². The van der Waals surface area contributed by atoms with E-state index in [0.717, 1.165) is 31.1 Å². The summed E-state index contributed by atoms with van der Waals surface area (Å²) in [5.41, 5.74) is 0.982. The van der Waals surface area contributed by atoms with E-state index in [1.165, 1.54) is 0 Å². The Labute approximate surface area is 200 Å². The van der Waals surface area contributed by atoms with Crippen LogP contribution < -0.4 is 5.32 Å². The van der Waals surface area contributed by atoms with Crippen LogP contribution in [0.2, 0.25) is 5.28 Å². The van der Waals surface area contributed by atoms with Gasteiger partial charge in [0.25, 0.3) is 0 Å². The number of anilines is 1. The van der Waals surface area contributed by atoms with Crippen LogP contribution in [-0.4, -0.2) is 71.7 Å². The summed E-state index contributed by atoms with van der Waals surface area (Å²) in [6.07, 6.45) is -0.696. The van der Waals surface area contributed by atoms with E-state index in [-0.39, 0.29) is 5.28 Å². The van der Waals surface area contributed by atoms with E-state index in [4.69, 9.17) is 30.6 Å². The van der Waals surface area contributed by atoms with Gasteiger partial charge in [-0.2, -0.15) is 0 Å². The number of rotatable bonds is 8. The molecule has 5 atom stereocenters. The van der Waals surface area contributed by atoms with Gasteiger partial charge in [0.15, 0.2) is 5.90 Å². The van der Waals surface area contributed by atoms with Crippen molar-refractivity contribution < 1.29 is 43.3 Å². The number of hydrogen-bond donors (Lipinski definition) is 6. The molecule has 2 heterocycles. The minimum atomic E-state index is -4.80. The molecule has 15 heteroatoms. The average molecular weight is 538 g/mol. The van der Waals surface area contributed by atoms with Crippen molar-refractivity contribution >= 4 is 43.5 Å². The van der Waals surface area contributed by atoms with Gasteiger partial charge < -0.3 is 39.5 Å². The number of halogens is 1. The summed E-state index contributed by atoms with van der Waals surface area (Å²) >= 11 is 6.12. The molecule has 2 aromatic rings. The standard InChI is InChI=1S/C19H26ClN3O9P2/c20-19-22-13-7-10(5-6-12(13)18(23-19)21-11-3-1-2-4-11)17-16(25)15(24)14(32-17)8-31-34(29,30)9-33(26,27)28/h5-7,11,14-17,24-25H,1-4,8-9H2,(H,29,30)(H,21,22,23)(H2,26,27,28)/t14-,15-,16-,17+/m1/s1. The second-order valence-electron chi connectivity index (χ2n) is 8.56. The first-order chi connectivity index (χ1) is 15.9. The Morgan fingerprint density at radius 1 is 1.12 bits per heavy atom. The highest BCUT2D eigenvalue weighted by atomic mass is 35.5. The van der Waals surface area contributed by atoms with Gasteiger partial charge in [-0.25, -0.2) is 9.97 Å². The molecular formula is C19H26ClN3O9P2. The van der Waals surface area contributed by atoms with Gasteiger partial charge >= 0.3 is 15.2 Å². The maximum atomic E-state index is 11.9. The van der Waals surface area contributed by atoms with Crippen LogP contribution in [0.25, 0.3) is 10.9 Å². The van der Waals surface area contributed by atoms with E-state index in [1.807, 2.05) is 0 Å². The number of nitrogens with zero attached hydrogens (tertiary/aromatic N) is 2. The van der Waals surface area contributed by atoms with E-state index < -0.39 is 52.1 Å². The Hall–Kier alpha value is -1.17. The van der Waals surface area contributed by atoms with Crippen molar-refractivity contribution in [3.05, 3.63) is 29.0 Å². The molecule has 0 bridgehead atoms. The molecular weight excluding hydrogens is 512 g/mol. The number of nitrogens with one attached hydrogen (secondary N) is 1. The summed E-state index contributed by atoms with van der Waals surface area (Å²) in [5, 5.41) is 25.0. The number of hydrogen-bond acceptors (Lipinski definition) is 9. The van der Waals surface area contributed by atoms with Crippen molar-refractivity contribution in [3.8, 4) is 0 Å². The Bertz CT molecular complexity index is 1140. The summed E-state index contributed by atoms with van der Waals surface area (Å²) in [5.74, 6) is -0.756. The third-order valence-electron chi connectivity index (χ3n) is 5.88. The van der Waals surface area contributed by atoms with E-state index in [1.54, 1.807) is 18.2 Å². The first-order valence-corrected chi connectivity index (χ1v) is 14.6. The van der Waals surface area contributed by atoms with Crippen molar-refractivity contribution in [2.75, 3.05) is 17.8 Å². The smallest absolute Gasteiger partial charge is 0.340 e. The Morgan fingerprint density at radius 3 is 2.50 bits per heavy atom. The molecule has 4 rings (SSSR count). The van der Waals surface area contributed by atoms with E-state index in [9.17, 15) is 24.2 Å². The third-order valence-corrected chi connectivity index (χ3v) is 9.51. The average Bonchev–Trinajstić information content (AvgIpc) is 3.33. The molecule has 0 amide bonds. The SMILES string of the molecule is O=P(O)(O)CP(=O)(O)OC[C@H]1O[C@@H](c2ccc3c(NC4CCCC4)nc(Cl)nc3c2)[C@H](O)[C@@H]1O. The van der Waals surface area contributed by atoms with Gasteiger partial charge in [-0.1, -0.05) is 18.9 Å². The number of ether oxygens (including phenoxy) is 1. The lowest BCUT2D eigenvalue weighted by Crippen LogP contribution is -2.33. The molecule has 2 aliphatic rings. The van der Waals surface area contributed by atoms with Gasteiger partial charge in [0, 0.05) is 11.4 Å². The van der Waals surface area contributed by atoms with Crippen molar-refractivity contribution in [3.63, 3.8) is 0 Å². The minimum Gasteiger partial charge on any atom is -0.387 e.